The van der Waals surface area contributed by atoms with E-state index in [0.29, 0.717) is 0 Å². The molecular weight excluding hydrogens is 232 g/mol. The number of hydrogen-bond acceptors (Lipinski definition) is 3. The number of carboxylic acids is 1. The van der Waals surface area contributed by atoms with Crippen LogP contribution in [0, 0.1) is 0 Å². The Bertz CT molecular complexity index is 398. The Hall–Kier alpha value is -1.43. The molecule has 1 aromatic heterocycles. The van der Waals surface area contributed by atoms with Gasteiger partial charge in [0.25, 0.3) is 6.43 Å². The maximum Gasteiger partial charge on any atom is 0.307 e. The maximum atomic E-state index is 12.2. The Morgan fingerprint density at radius 1 is 1.60 bits per heavy atom. The summed E-state index contributed by atoms with van der Waals surface area (Å²) < 4.78 is 24.5. The monoisotopic (exact) mass is 237 g/mol. The summed E-state index contributed by atoms with van der Waals surface area (Å²) in [6, 6.07) is 0.819. The average molecular weight is 238 g/mol. The van der Waals surface area contributed by atoms with Gasteiger partial charge in [-0.15, -0.1) is 0 Å². The first-order valence-electron chi connectivity index (χ1n) is 3.80. The van der Waals surface area contributed by atoms with E-state index in [0.717, 1.165) is 6.07 Å². The normalized spacial score (nSPS) is 10.7. The molecule has 0 aliphatic carbocycles. The van der Waals surface area contributed by atoms with Crippen molar-refractivity contribution >= 4 is 17.6 Å². The predicted molar refractivity (Wildman–Crippen MR) is 47.2 cm³/mol. The van der Waals surface area contributed by atoms with Crippen molar-refractivity contribution in [2.75, 3.05) is 0 Å². The van der Waals surface area contributed by atoms with Gasteiger partial charge >= 0.3 is 5.97 Å². The molecule has 0 saturated heterocycles. The van der Waals surface area contributed by atoms with Crippen molar-refractivity contribution < 1.29 is 23.8 Å². The first kappa shape index (κ1) is 11.6. The Labute approximate surface area is 88.1 Å². The molecule has 1 rings (SSSR count). The molecule has 0 amide bonds. The molecular formula is C8H6ClF2NO3. The van der Waals surface area contributed by atoms with E-state index < -0.39 is 35.4 Å². The first-order valence-corrected chi connectivity index (χ1v) is 4.18. The van der Waals surface area contributed by atoms with Gasteiger partial charge in [-0.3, -0.25) is 4.79 Å². The van der Waals surface area contributed by atoms with Gasteiger partial charge in [0.1, 0.15) is 5.69 Å². The highest BCUT2D eigenvalue weighted by Crippen LogP contribution is 2.30. The first-order chi connectivity index (χ1) is 6.91. The number of rotatable bonds is 3. The quantitative estimate of drug-likeness (QED) is 0.789. The van der Waals surface area contributed by atoms with Crippen LogP contribution >= 0.6 is 11.6 Å². The molecule has 1 aromatic rings. The van der Waals surface area contributed by atoms with Crippen LogP contribution < -0.4 is 0 Å². The molecule has 0 saturated carbocycles. The smallest absolute Gasteiger partial charge is 0.307 e. The van der Waals surface area contributed by atoms with Crippen LogP contribution in [0.25, 0.3) is 0 Å². The summed E-state index contributed by atoms with van der Waals surface area (Å²) >= 11 is 5.36. The van der Waals surface area contributed by atoms with E-state index >= 15 is 0 Å². The zero-order valence-corrected chi connectivity index (χ0v) is 8.00. The van der Waals surface area contributed by atoms with E-state index in [1.165, 1.54) is 0 Å². The second-order valence-corrected chi connectivity index (χ2v) is 3.07. The third kappa shape index (κ3) is 2.76. The number of alkyl halides is 2. The number of aromatic hydroxyl groups is 1. The van der Waals surface area contributed by atoms with Crippen LogP contribution in [0.15, 0.2) is 6.07 Å². The molecule has 4 nitrogen and oxygen atoms in total. The van der Waals surface area contributed by atoms with Crippen LogP contribution in [-0.4, -0.2) is 21.2 Å². The molecule has 0 aliphatic rings. The summed E-state index contributed by atoms with van der Waals surface area (Å²) in [7, 11) is 0. The summed E-state index contributed by atoms with van der Waals surface area (Å²) in [4.78, 5) is 13.6. The molecule has 7 heteroatoms. The Morgan fingerprint density at radius 3 is 2.67 bits per heavy atom. The van der Waals surface area contributed by atoms with E-state index in [-0.39, 0.29) is 5.56 Å². The molecule has 0 radical (unpaired) electrons. The molecule has 0 atom stereocenters. The number of hydrogen-bond donors (Lipinski definition) is 2. The Balaban J connectivity index is 3.18. The fraction of sp³-hybridized carbons (Fsp3) is 0.250. The summed E-state index contributed by atoms with van der Waals surface area (Å²) in [5.41, 5.74) is -0.841. The number of pyridine rings is 1. The minimum atomic E-state index is -2.87. The van der Waals surface area contributed by atoms with Gasteiger partial charge in [-0.05, 0) is 6.07 Å². The molecule has 0 unspecified atom stereocenters. The second-order valence-electron chi connectivity index (χ2n) is 2.72. The molecule has 0 aromatic carbocycles. The minimum Gasteiger partial charge on any atom is -0.504 e. The van der Waals surface area contributed by atoms with Gasteiger partial charge in [0.15, 0.2) is 10.9 Å². The molecule has 0 fully saturated rings. The van der Waals surface area contributed by atoms with Crippen molar-refractivity contribution in [2.45, 2.75) is 12.8 Å². The number of halogens is 3. The lowest BCUT2D eigenvalue weighted by Gasteiger charge is -2.06. The van der Waals surface area contributed by atoms with Crippen molar-refractivity contribution in [2.24, 2.45) is 0 Å². The minimum absolute atomic E-state index is 0.183. The van der Waals surface area contributed by atoms with Crippen LogP contribution in [0.1, 0.15) is 17.7 Å². The largest absolute Gasteiger partial charge is 0.504 e. The number of carbonyl (C=O) groups is 1. The van der Waals surface area contributed by atoms with E-state index in [1.54, 1.807) is 0 Å². The highest BCUT2D eigenvalue weighted by Gasteiger charge is 2.17. The van der Waals surface area contributed by atoms with Gasteiger partial charge in [-0.25, -0.2) is 13.8 Å². The van der Waals surface area contributed by atoms with Crippen LogP contribution in [0.3, 0.4) is 0 Å². The standard InChI is InChI=1S/C8H6ClF2NO3/c9-7-6(15)3(2-5(13)14)1-4(12-7)8(10)11/h1,8,15H,2H2,(H,13,14). The van der Waals surface area contributed by atoms with Crippen molar-refractivity contribution in [3.8, 4) is 5.75 Å². The van der Waals surface area contributed by atoms with E-state index in [1.807, 2.05) is 0 Å². The van der Waals surface area contributed by atoms with Gasteiger partial charge in [-0.1, -0.05) is 11.6 Å². The Kier molecular flexibility index (Phi) is 3.41. The van der Waals surface area contributed by atoms with Crippen molar-refractivity contribution in [1.29, 1.82) is 0 Å². The summed E-state index contributed by atoms with van der Waals surface area (Å²) in [5.74, 6) is -1.84. The van der Waals surface area contributed by atoms with E-state index in [2.05, 4.69) is 4.98 Å². The lowest BCUT2D eigenvalue weighted by atomic mass is 10.1. The molecule has 2 N–H and O–H groups in total. The van der Waals surface area contributed by atoms with Crippen LogP contribution in [0.5, 0.6) is 5.75 Å². The number of aliphatic carboxylic acids is 1. The number of aromatic nitrogens is 1. The van der Waals surface area contributed by atoms with Crippen LogP contribution in [-0.2, 0) is 11.2 Å². The van der Waals surface area contributed by atoms with Crippen LogP contribution in [0.2, 0.25) is 5.15 Å². The van der Waals surface area contributed by atoms with E-state index in [9.17, 15) is 18.7 Å². The summed E-state index contributed by atoms with van der Waals surface area (Å²) in [6.45, 7) is 0. The van der Waals surface area contributed by atoms with Crippen LogP contribution in [0.4, 0.5) is 8.78 Å². The third-order valence-corrected chi connectivity index (χ3v) is 1.88. The fourth-order valence-corrected chi connectivity index (χ4v) is 1.21. The molecule has 0 aliphatic heterocycles. The SMILES string of the molecule is O=C(O)Cc1cc(C(F)F)nc(Cl)c1O. The predicted octanol–water partition coefficient (Wildman–Crippen LogP) is 2.01. The summed E-state index contributed by atoms with van der Waals surface area (Å²) in [5, 5.41) is 17.2. The number of carboxylic acid groups (broad SMARTS) is 1. The molecule has 0 spiro atoms. The average Bonchev–Trinajstić information content (AvgIpc) is 2.11. The Morgan fingerprint density at radius 2 is 2.20 bits per heavy atom. The van der Waals surface area contributed by atoms with Gasteiger partial charge in [0, 0.05) is 5.56 Å². The topological polar surface area (TPSA) is 70.4 Å². The van der Waals surface area contributed by atoms with Gasteiger partial charge in [0.2, 0.25) is 0 Å². The van der Waals surface area contributed by atoms with E-state index in [4.69, 9.17) is 16.7 Å². The van der Waals surface area contributed by atoms with Crippen molar-refractivity contribution in [3.63, 3.8) is 0 Å². The second kappa shape index (κ2) is 4.39. The highest BCUT2D eigenvalue weighted by molar-refractivity contribution is 6.30. The molecule has 1 heterocycles. The zero-order valence-electron chi connectivity index (χ0n) is 7.25. The van der Waals surface area contributed by atoms with Crippen molar-refractivity contribution in [1.82, 2.24) is 4.98 Å². The summed E-state index contributed by atoms with van der Waals surface area (Å²) in [6.07, 6.45) is -3.45. The fourth-order valence-electron chi connectivity index (χ4n) is 0.987. The third-order valence-electron chi connectivity index (χ3n) is 1.61. The molecule has 82 valence electrons. The lowest BCUT2D eigenvalue weighted by molar-refractivity contribution is -0.136. The van der Waals surface area contributed by atoms with Crippen molar-refractivity contribution in [3.05, 3.63) is 22.5 Å². The van der Waals surface area contributed by atoms with Gasteiger partial charge in [-0.2, -0.15) is 0 Å². The van der Waals surface area contributed by atoms with Gasteiger partial charge < -0.3 is 10.2 Å². The lowest BCUT2D eigenvalue weighted by Crippen LogP contribution is -2.03. The number of nitrogens with zero attached hydrogens (tertiary/aromatic N) is 1. The molecule has 0 bridgehead atoms. The van der Waals surface area contributed by atoms with Gasteiger partial charge in [0.05, 0.1) is 6.42 Å². The maximum absolute atomic E-state index is 12.2. The highest BCUT2D eigenvalue weighted by atomic mass is 35.5. The molecule has 15 heavy (non-hydrogen) atoms. The zero-order chi connectivity index (χ0) is 11.6.